The van der Waals surface area contributed by atoms with Gasteiger partial charge in [-0.1, -0.05) is 109 Å². The summed E-state index contributed by atoms with van der Waals surface area (Å²) in [4.78, 5) is 0. The van der Waals surface area contributed by atoms with Crippen LogP contribution in [0.5, 0.6) is 0 Å². The second-order valence-corrected chi connectivity index (χ2v) is 9.39. The number of rotatable bonds is 4. The van der Waals surface area contributed by atoms with Crippen molar-refractivity contribution >= 4 is 11.1 Å². The van der Waals surface area contributed by atoms with E-state index in [1.54, 1.807) is 0 Å². The van der Waals surface area contributed by atoms with Crippen molar-refractivity contribution in [1.82, 2.24) is 0 Å². The van der Waals surface area contributed by atoms with E-state index in [0.29, 0.717) is 11.8 Å². The van der Waals surface area contributed by atoms with Crippen LogP contribution in [-0.4, -0.2) is 0 Å². The Morgan fingerprint density at radius 3 is 1.24 bits per heavy atom. The van der Waals surface area contributed by atoms with Gasteiger partial charge in [-0.05, 0) is 55.4 Å². The second kappa shape index (κ2) is 7.34. The molecule has 0 aromatic heterocycles. The van der Waals surface area contributed by atoms with Gasteiger partial charge in [0.1, 0.15) is 0 Å². The minimum absolute atomic E-state index is 0.113. The molecule has 2 aliphatic rings. The Balaban J connectivity index is 1.76. The van der Waals surface area contributed by atoms with Crippen molar-refractivity contribution in [2.45, 2.75) is 41.5 Å². The number of hydrogen-bond donors (Lipinski definition) is 0. The fourth-order valence-corrected chi connectivity index (χ4v) is 6.16. The first-order valence-corrected chi connectivity index (χ1v) is 10.7. The van der Waals surface area contributed by atoms with Crippen LogP contribution < -0.4 is 0 Å². The van der Waals surface area contributed by atoms with E-state index in [-0.39, 0.29) is 5.41 Å². The lowest BCUT2D eigenvalue weighted by Gasteiger charge is -2.41. The van der Waals surface area contributed by atoms with E-state index in [9.17, 15) is 0 Å². The molecule has 0 saturated carbocycles. The maximum atomic E-state index is 2.46. The van der Waals surface area contributed by atoms with Gasteiger partial charge in [0.25, 0.3) is 0 Å². The van der Waals surface area contributed by atoms with Crippen molar-refractivity contribution in [2.75, 3.05) is 0 Å². The predicted molar refractivity (Wildman–Crippen MR) is 126 cm³/mol. The average Bonchev–Trinajstić information content (AvgIpc) is 3.18. The zero-order chi connectivity index (χ0) is 20.8. The molecule has 0 nitrogen and oxygen atoms in total. The Bertz CT molecular complexity index is 954. The molecule has 2 aromatic rings. The molecule has 0 bridgehead atoms. The molecule has 0 N–H and O–H groups in total. The molecule has 148 valence electrons. The van der Waals surface area contributed by atoms with Crippen LogP contribution >= 0.6 is 0 Å². The molecule has 4 rings (SSSR count). The van der Waals surface area contributed by atoms with Gasteiger partial charge in [-0.3, -0.25) is 0 Å². The highest BCUT2D eigenvalue weighted by atomic mass is 14.5. The third-order valence-electron chi connectivity index (χ3n) is 7.03. The maximum absolute atomic E-state index is 2.46. The minimum Gasteiger partial charge on any atom is -0.0650 e. The van der Waals surface area contributed by atoms with Crippen LogP contribution in [-0.2, 0) is 0 Å². The summed E-state index contributed by atoms with van der Waals surface area (Å²) in [6.07, 6.45) is 4.84. The van der Waals surface area contributed by atoms with Gasteiger partial charge in [-0.2, -0.15) is 0 Å². The van der Waals surface area contributed by atoms with Crippen LogP contribution in [0.4, 0.5) is 0 Å². The molecule has 0 fully saturated rings. The normalized spacial score (nSPS) is 22.3. The molecule has 0 aliphatic heterocycles. The minimum atomic E-state index is 0.113. The van der Waals surface area contributed by atoms with Crippen molar-refractivity contribution in [3.05, 3.63) is 106 Å². The summed E-state index contributed by atoms with van der Waals surface area (Å²) < 4.78 is 0. The molecule has 0 heteroatoms. The highest BCUT2D eigenvalue weighted by Crippen LogP contribution is 2.55. The SMILES string of the molecule is CC1=CC(c2ccccc2)=C(C)C1C(C)(C)C1C(C)=CC(c2ccccc2)=C1C. The van der Waals surface area contributed by atoms with Crippen molar-refractivity contribution < 1.29 is 0 Å². The zero-order valence-electron chi connectivity index (χ0n) is 18.6. The van der Waals surface area contributed by atoms with Crippen LogP contribution in [0.1, 0.15) is 52.7 Å². The summed E-state index contributed by atoms with van der Waals surface area (Å²) in [5.41, 5.74) is 11.6. The first-order chi connectivity index (χ1) is 13.8. The third kappa shape index (κ3) is 3.25. The number of allylic oxidation sites excluding steroid dienone is 8. The molecular formula is C29H32. The lowest BCUT2D eigenvalue weighted by atomic mass is 9.62. The summed E-state index contributed by atoms with van der Waals surface area (Å²) in [6, 6.07) is 21.7. The van der Waals surface area contributed by atoms with Crippen molar-refractivity contribution in [3.8, 4) is 0 Å². The molecule has 0 spiro atoms. The molecule has 2 unspecified atom stereocenters. The molecule has 29 heavy (non-hydrogen) atoms. The first kappa shape index (κ1) is 19.7. The molecule has 0 saturated heterocycles. The molecular weight excluding hydrogens is 348 g/mol. The van der Waals surface area contributed by atoms with Gasteiger partial charge in [-0.25, -0.2) is 0 Å². The van der Waals surface area contributed by atoms with Crippen molar-refractivity contribution in [1.29, 1.82) is 0 Å². The third-order valence-corrected chi connectivity index (χ3v) is 7.03. The van der Waals surface area contributed by atoms with E-state index in [4.69, 9.17) is 0 Å². The smallest absolute Gasteiger partial charge is 0.00740 e. The van der Waals surface area contributed by atoms with E-state index < -0.39 is 0 Å². The number of benzene rings is 2. The van der Waals surface area contributed by atoms with E-state index in [2.05, 4.69) is 114 Å². The van der Waals surface area contributed by atoms with Gasteiger partial charge in [0.05, 0.1) is 0 Å². The van der Waals surface area contributed by atoms with Gasteiger partial charge >= 0.3 is 0 Å². The monoisotopic (exact) mass is 380 g/mol. The topological polar surface area (TPSA) is 0 Å². The van der Waals surface area contributed by atoms with Crippen LogP contribution in [0.2, 0.25) is 0 Å². The Morgan fingerprint density at radius 2 is 0.897 bits per heavy atom. The van der Waals surface area contributed by atoms with Gasteiger partial charge in [0.2, 0.25) is 0 Å². The van der Waals surface area contributed by atoms with Gasteiger partial charge in [0.15, 0.2) is 0 Å². The van der Waals surface area contributed by atoms with Gasteiger partial charge < -0.3 is 0 Å². The second-order valence-electron chi connectivity index (χ2n) is 9.39. The van der Waals surface area contributed by atoms with Crippen molar-refractivity contribution in [3.63, 3.8) is 0 Å². The summed E-state index contributed by atoms with van der Waals surface area (Å²) in [6.45, 7) is 14.2. The first-order valence-electron chi connectivity index (χ1n) is 10.7. The predicted octanol–water partition coefficient (Wildman–Crippen LogP) is 8.11. The lowest BCUT2D eigenvalue weighted by Crippen LogP contribution is -2.34. The molecule has 2 atom stereocenters. The Labute approximate surface area is 176 Å². The van der Waals surface area contributed by atoms with Gasteiger partial charge in [0, 0.05) is 11.8 Å². The quantitative estimate of drug-likeness (QED) is 0.502. The standard InChI is InChI=1S/C29H32/c1-19-17-25(23-13-9-7-10-14-23)21(3)27(19)29(5,6)28-20(2)18-26(22(28)4)24-15-11-8-12-16-24/h7-18,27-28H,1-6H3. The average molecular weight is 381 g/mol. The Kier molecular flexibility index (Phi) is 4.99. The van der Waals surface area contributed by atoms with Crippen molar-refractivity contribution in [2.24, 2.45) is 17.3 Å². The molecule has 0 heterocycles. The lowest BCUT2D eigenvalue weighted by molar-refractivity contribution is 0.217. The summed E-state index contributed by atoms with van der Waals surface area (Å²) >= 11 is 0. The summed E-state index contributed by atoms with van der Waals surface area (Å²) in [5.74, 6) is 0.909. The van der Waals surface area contributed by atoms with E-state index in [1.165, 1.54) is 44.6 Å². The van der Waals surface area contributed by atoms with Crippen LogP contribution in [0.15, 0.2) is 95.1 Å². The highest BCUT2D eigenvalue weighted by molar-refractivity contribution is 5.83. The summed E-state index contributed by atoms with van der Waals surface area (Å²) in [7, 11) is 0. The maximum Gasteiger partial charge on any atom is 0.00740 e. The van der Waals surface area contributed by atoms with E-state index in [1.807, 2.05) is 0 Å². The van der Waals surface area contributed by atoms with E-state index >= 15 is 0 Å². The van der Waals surface area contributed by atoms with Gasteiger partial charge in [-0.15, -0.1) is 0 Å². The summed E-state index contributed by atoms with van der Waals surface area (Å²) in [5, 5.41) is 0. The molecule has 0 amide bonds. The fourth-order valence-electron chi connectivity index (χ4n) is 6.16. The van der Waals surface area contributed by atoms with Crippen LogP contribution in [0, 0.1) is 17.3 Å². The van der Waals surface area contributed by atoms with Crippen LogP contribution in [0.25, 0.3) is 11.1 Å². The molecule has 2 aliphatic carbocycles. The largest absolute Gasteiger partial charge is 0.0650 e. The Hall–Kier alpha value is -2.60. The zero-order valence-corrected chi connectivity index (χ0v) is 18.6. The molecule has 0 radical (unpaired) electrons. The fraction of sp³-hybridized carbons (Fsp3) is 0.310. The highest BCUT2D eigenvalue weighted by Gasteiger charge is 2.44. The molecule has 2 aromatic carbocycles. The van der Waals surface area contributed by atoms with Crippen LogP contribution in [0.3, 0.4) is 0 Å². The Morgan fingerprint density at radius 1 is 0.552 bits per heavy atom. The number of hydrogen-bond acceptors (Lipinski definition) is 0. The van der Waals surface area contributed by atoms with E-state index in [0.717, 1.165) is 0 Å².